The molecule has 0 saturated heterocycles. The molecule has 0 unspecified atom stereocenters. The van der Waals surface area contributed by atoms with Gasteiger partial charge in [0.25, 0.3) is 0 Å². The molecule has 0 spiro atoms. The summed E-state index contributed by atoms with van der Waals surface area (Å²) in [6, 6.07) is -0.702. The number of rotatable bonds is 7. The van der Waals surface area contributed by atoms with Crippen molar-refractivity contribution in [3.8, 4) is 0 Å². The van der Waals surface area contributed by atoms with Crippen molar-refractivity contribution in [1.29, 1.82) is 0 Å². The van der Waals surface area contributed by atoms with E-state index in [1.165, 1.54) is 6.92 Å². The second-order valence-electron chi connectivity index (χ2n) is 3.17. The van der Waals surface area contributed by atoms with Crippen molar-refractivity contribution >= 4 is 15.8 Å². The van der Waals surface area contributed by atoms with Crippen LogP contribution >= 0.6 is 0 Å². The van der Waals surface area contributed by atoms with Gasteiger partial charge in [-0.25, -0.2) is 8.42 Å². The molecule has 2 N–H and O–H groups in total. The van der Waals surface area contributed by atoms with E-state index in [-0.39, 0.29) is 18.1 Å². The van der Waals surface area contributed by atoms with Gasteiger partial charge in [-0.05, 0) is 13.3 Å². The first kappa shape index (κ1) is 13.4. The Morgan fingerprint density at radius 2 is 2.00 bits per heavy atom. The Kier molecular flexibility index (Phi) is 5.71. The molecule has 0 aromatic heterocycles. The molecule has 6 heteroatoms. The van der Waals surface area contributed by atoms with Crippen molar-refractivity contribution in [2.75, 3.05) is 18.1 Å². The topological polar surface area (TPSA) is 83.5 Å². The van der Waals surface area contributed by atoms with Crippen LogP contribution in [-0.4, -0.2) is 43.6 Å². The smallest absolute Gasteiger partial charge is 0.320 e. The summed E-state index contributed by atoms with van der Waals surface area (Å²) in [5.41, 5.74) is 0. The Hall–Kier alpha value is -0.620. The predicted octanol–water partition coefficient (Wildman–Crippen LogP) is -0.126. The van der Waals surface area contributed by atoms with Gasteiger partial charge in [-0.1, -0.05) is 6.92 Å². The van der Waals surface area contributed by atoms with E-state index in [1.54, 1.807) is 6.92 Å². The fourth-order valence-electron chi connectivity index (χ4n) is 0.931. The molecule has 5 nitrogen and oxygen atoms in total. The van der Waals surface area contributed by atoms with Gasteiger partial charge in [0.15, 0.2) is 9.84 Å². The maximum absolute atomic E-state index is 11.2. The minimum atomic E-state index is -3.01. The predicted molar refractivity (Wildman–Crippen MR) is 54.0 cm³/mol. The first-order valence-corrected chi connectivity index (χ1v) is 6.38. The molecule has 0 aromatic carbocycles. The molecule has 14 heavy (non-hydrogen) atoms. The van der Waals surface area contributed by atoms with Crippen molar-refractivity contribution in [2.45, 2.75) is 26.3 Å². The Morgan fingerprint density at radius 3 is 2.43 bits per heavy atom. The van der Waals surface area contributed by atoms with Gasteiger partial charge in [-0.15, -0.1) is 0 Å². The van der Waals surface area contributed by atoms with Gasteiger partial charge in [-0.3, -0.25) is 4.79 Å². The third-order valence-electron chi connectivity index (χ3n) is 1.75. The highest BCUT2D eigenvalue weighted by Crippen LogP contribution is 1.92. The lowest BCUT2D eigenvalue weighted by molar-refractivity contribution is -0.138. The number of hydrogen-bond donors (Lipinski definition) is 2. The number of sulfone groups is 1. The first-order chi connectivity index (χ1) is 6.39. The number of hydrogen-bond acceptors (Lipinski definition) is 4. The highest BCUT2D eigenvalue weighted by atomic mass is 32.2. The highest BCUT2D eigenvalue weighted by molar-refractivity contribution is 7.91. The summed E-state index contributed by atoms with van der Waals surface area (Å²) in [4.78, 5) is 10.4. The van der Waals surface area contributed by atoms with E-state index < -0.39 is 21.8 Å². The number of nitrogens with one attached hydrogen (secondary N) is 1. The zero-order valence-electron chi connectivity index (χ0n) is 8.49. The number of carboxylic acids is 1. The molecule has 0 bridgehead atoms. The molecule has 0 saturated carbocycles. The van der Waals surface area contributed by atoms with Crippen LogP contribution in [0.15, 0.2) is 0 Å². The second kappa shape index (κ2) is 5.98. The monoisotopic (exact) mass is 223 g/mol. The summed E-state index contributed by atoms with van der Waals surface area (Å²) >= 11 is 0. The minimum Gasteiger partial charge on any atom is -0.480 e. The Balaban J connectivity index is 3.79. The number of aliphatic carboxylic acids is 1. The second-order valence-corrected chi connectivity index (χ2v) is 5.47. The standard InChI is InChI=1S/C8H17NO4S/c1-3-5-14(12,13)6-4-9-7(2)8(10)11/h7,9H,3-6H2,1-2H3,(H,10,11)/t7-/m1/s1. The minimum absolute atomic E-state index is 0.00153. The van der Waals surface area contributed by atoms with Crippen LogP contribution < -0.4 is 5.32 Å². The molecule has 0 rings (SSSR count). The van der Waals surface area contributed by atoms with E-state index in [0.29, 0.717) is 6.42 Å². The third kappa shape index (κ3) is 5.93. The largest absolute Gasteiger partial charge is 0.480 e. The molecular weight excluding hydrogens is 206 g/mol. The fraction of sp³-hybridized carbons (Fsp3) is 0.875. The van der Waals surface area contributed by atoms with Crippen molar-refractivity contribution in [3.63, 3.8) is 0 Å². The van der Waals surface area contributed by atoms with Crippen molar-refractivity contribution in [1.82, 2.24) is 5.32 Å². The molecule has 0 fully saturated rings. The van der Waals surface area contributed by atoms with Crippen molar-refractivity contribution in [2.24, 2.45) is 0 Å². The van der Waals surface area contributed by atoms with Gasteiger partial charge in [0.2, 0.25) is 0 Å². The zero-order chi connectivity index (χ0) is 11.2. The number of carboxylic acid groups (broad SMARTS) is 1. The van der Waals surface area contributed by atoms with E-state index in [2.05, 4.69) is 5.32 Å². The fourth-order valence-corrected chi connectivity index (χ4v) is 2.19. The van der Waals surface area contributed by atoms with E-state index in [4.69, 9.17) is 5.11 Å². The Morgan fingerprint density at radius 1 is 1.43 bits per heavy atom. The van der Waals surface area contributed by atoms with Gasteiger partial charge in [-0.2, -0.15) is 0 Å². The van der Waals surface area contributed by atoms with Crippen LogP contribution in [-0.2, 0) is 14.6 Å². The lowest BCUT2D eigenvalue weighted by Crippen LogP contribution is -2.37. The van der Waals surface area contributed by atoms with E-state index >= 15 is 0 Å². The van der Waals surface area contributed by atoms with Crippen LogP contribution in [0.1, 0.15) is 20.3 Å². The maximum Gasteiger partial charge on any atom is 0.320 e. The summed E-state index contributed by atoms with van der Waals surface area (Å²) in [6.07, 6.45) is 0.594. The van der Waals surface area contributed by atoms with Crippen LogP contribution in [0, 0.1) is 0 Å². The summed E-state index contributed by atoms with van der Waals surface area (Å²) < 4.78 is 22.4. The first-order valence-electron chi connectivity index (χ1n) is 4.55. The lowest BCUT2D eigenvalue weighted by Gasteiger charge is -2.08. The molecule has 0 radical (unpaired) electrons. The van der Waals surface area contributed by atoms with Gasteiger partial charge < -0.3 is 10.4 Å². The van der Waals surface area contributed by atoms with E-state index in [9.17, 15) is 13.2 Å². The zero-order valence-corrected chi connectivity index (χ0v) is 9.30. The number of carbonyl (C=O) groups is 1. The van der Waals surface area contributed by atoms with Crippen LogP contribution in [0.2, 0.25) is 0 Å². The molecule has 84 valence electrons. The van der Waals surface area contributed by atoms with Crippen molar-refractivity contribution in [3.05, 3.63) is 0 Å². The quantitative estimate of drug-likeness (QED) is 0.628. The Bertz CT molecular complexity index is 273. The SMILES string of the molecule is CCCS(=O)(=O)CCN[C@H](C)C(=O)O. The summed E-state index contributed by atoms with van der Waals surface area (Å²) in [7, 11) is -3.01. The van der Waals surface area contributed by atoms with E-state index in [0.717, 1.165) is 0 Å². The average Bonchev–Trinajstić information content (AvgIpc) is 2.03. The third-order valence-corrected chi connectivity index (χ3v) is 3.61. The summed E-state index contributed by atoms with van der Waals surface area (Å²) in [6.45, 7) is 3.47. The molecule has 0 aromatic rings. The molecule has 0 aliphatic heterocycles. The highest BCUT2D eigenvalue weighted by Gasteiger charge is 2.12. The molecule has 0 heterocycles. The summed E-state index contributed by atoms with van der Waals surface area (Å²) in [5.74, 6) is -0.813. The average molecular weight is 223 g/mol. The van der Waals surface area contributed by atoms with Crippen molar-refractivity contribution < 1.29 is 18.3 Å². The van der Waals surface area contributed by atoms with Gasteiger partial charge >= 0.3 is 5.97 Å². The van der Waals surface area contributed by atoms with Gasteiger partial charge in [0, 0.05) is 12.3 Å². The molecular formula is C8H17NO4S. The molecule has 0 aliphatic carbocycles. The van der Waals surface area contributed by atoms with E-state index in [1.807, 2.05) is 0 Å². The molecule has 0 aliphatic rings. The lowest BCUT2D eigenvalue weighted by atomic mass is 10.3. The van der Waals surface area contributed by atoms with Crippen LogP contribution in [0.25, 0.3) is 0 Å². The maximum atomic E-state index is 11.2. The van der Waals surface area contributed by atoms with Gasteiger partial charge in [0.05, 0.1) is 5.75 Å². The van der Waals surface area contributed by atoms with Crippen LogP contribution in [0.4, 0.5) is 0 Å². The Labute approximate surface area is 84.4 Å². The van der Waals surface area contributed by atoms with Crippen LogP contribution in [0.5, 0.6) is 0 Å². The molecule has 0 amide bonds. The molecule has 1 atom stereocenters. The van der Waals surface area contributed by atoms with Crippen LogP contribution in [0.3, 0.4) is 0 Å². The summed E-state index contributed by atoms with van der Waals surface area (Å²) in [5, 5.41) is 11.1. The normalized spacial score (nSPS) is 13.9. The van der Waals surface area contributed by atoms with Gasteiger partial charge in [0.1, 0.15) is 6.04 Å².